The first kappa shape index (κ1) is 15.0. The van der Waals surface area contributed by atoms with Gasteiger partial charge in [0.15, 0.2) is 0 Å². The highest BCUT2D eigenvalue weighted by atomic mass is 79.9. The highest BCUT2D eigenvalue weighted by Gasteiger charge is 2.23. The quantitative estimate of drug-likeness (QED) is 0.730. The van der Waals surface area contributed by atoms with E-state index < -0.39 is 5.60 Å². The molecule has 1 aromatic heterocycles. The van der Waals surface area contributed by atoms with Gasteiger partial charge in [-0.25, -0.2) is 9.78 Å². The Hall–Kier alpha value is -1.36. The Balaban J connectivity index is 2.02. The molecule has 0 atom stereocenters. The smallest absolute Gasteiger partial charge is 0.410 e. The molecule has 1 aliphatic rings. The Morgan fingerprint density at radius 2 is 2.20 bits per heavy atom. The van der Waals surface area contributed by atoms with Gasteiger partial charge in [-0.2, -0.15) is 0 Å². The fourth-order valence-electron chi connectivity index (χ4n) is 2.03. The second-order valence-electron chi connectivity index (χ2n) is 5.77. The summed E-state index contributed by atoms with van der Waals surface area (Å²) in [5, 5.41) is 0. The molecule has 0 N–H and O–H groups in total. The van der Waals surface area contributed by atoms with E-state index >= 15 is 0 Å². The van der Waals surface area contributed by atoms with Gasteiger partial charge in [0.25, 0.3) is 0 Å². The van der Waals surface area contributed by atoms with Crippen LogP contribution in [0.1, 0.15) is 32.8 Å². The molecule has 20 heavy (non-hydrogen) atoms. The van der Waals surface area contributed by atoms with Crippen molar-refractivity contribution >= 4 is 27.6 Å². The normalized spacial score (nSPS) is 15.8. The number of aromatic nitrogens is 1. The van der Waals surface area contributed by atoms with Crippen molar-refractivity contribution in [2.24, 2.45) is 0 Å². The van der Waals surface area contributed by atoms with Crippen molar-refractivity contribution in [3.63, 3.8) is 0 Å². The molecule has 1 aromatic rings. The molecule has 0 aromatic carbocycles. The molecule has 2 heterocycles. The molecule has 1 aliphatic heterocycles. The first-order valence-electron chi connectivity index (χ1n) is 6.64. The molecule has 0 radical (unpaired) electrons. The second-order valence-corrected chi connectivity index (χ2v) is 6.59. The summed E-state index contributed by atoms with van der Waals surface area (Å²) in [7, 11) is 0. The lowest BCUT2D eigenvalue weighted by Gasteiger charge is -2.29. The number of pyridine rings is 1. The number of amides is 1. The molecular weight excluding hydrogens is 320 g/mol. The van der Waals surface area contributed by atoms with Gasteiger partial charge >= 0.3 is 6.09 Å². The second kappa shape index (κ2) is 5.95. The molecule has 4 nitrogen and oxygen atoms in total. The SMILES string of the molecule is CC(C)(C)OC(=O)N1CC=C(c2ccnc(Br)c2)CC1. The molecule has 0 fully saturated rings. The van der Waals surface area contributed by atoms with E-state index in [1.165, 1.54) is 5.57 Å². The molecule has 0 saturated heterocycles. The Labute approximate surface area is 128 Å². The standard InChI is InChI=1S/C15H19BrN2O2/c1-15(2,3)20-14(19)18-8-5-11(6-9-18)12-4-7-17-13(16)10-12/h4-5,7,10H,6,8-9H2,1-3H3. The van der Waals surface area contributed by atoms with Crippen LogP contribution >= 0.6 is 15.9 Å². The summed E-state index contributed by atoms with van der Waals surface area (Å²) in [5.74, 6) is 0. The fourth-order valence-corrected chi connectivity index (χ4v) is 2.39. The number of nitrogens with zero attached hydrogens (tertiary/aromatic N) is 2. The highest BCUT2D eigenvalue weighted by Crippen LogP contribution is 2.24. The third kappa shape index (κ3) is 4.07. The number of halogens is 1. The zero-order valence-electron chi connectivity index (χ0n) is 12.0. The van der Waals surface area contributed by atoms with Crippen LogP contribution in [0.3, 0.4) is 0 Å². The minimum Gasteiger partial charge on any atom is -0.444 e. The summed E-state index contributed by atoms with van der Waals surface area (Å²) in [6, 6.07) is 3.98. The average Bonchev–Trinajstić information content (AvgIpc) is 2.37. The van der Waals surface area contributed by atoms with Gasteiger partial charge in [-0.15, -0.1) is 0 Å². The van der Waals surface area contributed by atoms with Crippen molar-refractivity contribution in [1.29, 1.82) is 0 Å². The molecule has 0 saturated carbocycles. The largest absolute Gasteiger partial charge is 0.444 e. The number of carbonyl (C=O) groups is 1. The molecular formula is C15H19BrN2O2. The zero-order valence-corrected chi connectivity index (χ0v) is 13.6. The van der Waals surface area contributed by atoms with Crippen molar-refractivity contribution in [2.75, 3.05) is 13.1 Å². The molecule has 5 heteroatoms. The zero-order chi connectivity index (χ0) is 14.8. The van der Waals surface area contributed by atoms with Crippen LogP contribution in [-0.4, -0.2) is 34.7 Å². The molecule has 0 bridgehead atoms. The van der Waals surface area contributed by atoms with Gasteiger partial charge in [-0.3, -0.25) is 0 Å². The number of hydrogen-bond acceptors (Lipinski definition) is 3. The monoisotopic (exact) mass is 338 g/mol. The average molecular weight is 339 g/mol. The van der Waals surface area contributed by atoms with E-state index in [0.29, 0.717) is 13.1 Å². The maximum atomic E-state index is 12.0. The maximum absolute atomic E-state index is 12.0. The van der Waals surface area contributed by atoms with E-state index in [9.17, 15) is 4.79 Å². The van der Waals surface area contributed by atoms with Crippen molar-refractivity contribution in [2.45, 2.75) is 32.8 Å². The van der Waals surface area contributed by atoms with Crippen molar-refractivity contribution in [3.8, 4) is 0 Å². The van der Waals surface area contributed by atoms with E-state index in [-0.39, 0.29) is 6.09 Å². The van der Waals surface area contributed by atoms with Gasteiger partial charge in [0.1, 0.15) is 10.2 Å². The fraction of sp³-hybridized carbons (Fsp3) is 0.467. The van der Waals surface area contributed by atoms with E-state index in [0.717, 1.165) is 16.6 Å². The van der Waals surface area contributed by atoms with Crippen LogP contribution in [0.25, 0.3) is 5.57 Å². The first-order chi connectivity index (χ1) is 9.35. The van der Waals surface area contributed by atoms with Gasteiger partial charge in [0.2, 0.25) is 0 Å². The van der Waals surface area contributed by atoms with Crippen molar-refractivity contribution in [1.82, 2.24) is 9.88 Å². The topological polar surface area (TPSA) is 42.4 Å². The van der Waals surface area contributed by atoms with Crippen LogP contribution in [0.4, 0.5) is 4.79 Å². The van der Waals surface area contributed by atoms with Gasteiger partial charge in [0, 0.05) is 19.3 Å². The third-order valence-corrected chi connectivity index (χ3v) is 3.39. The van der Waals surface area contributed by atoms with Gasteiger partial charge in [-0.1, -0.05) is 6.08 Å². The maximum Gasteiger partial charge on any atom is 0.410 e. The molecule has 0 spiro atoms. The number of ether oxygens (including phenoxy) is 1. The van der Waals surface area contributed by atoms with E-state index in [1.807, 2.05) is 32.9 Å². The summed E-state index contributed by atoms with van der Waals surface area (Å²) >= 11 is 3.37. The number of rotatable bonds is 1. The predicted molar refractivity (Wildman–Crippen MR) is 82.3 cm³/mol. The summed E-state index contributed by atoms with van der Waals surface area (Å²) in [6.07, 6.45) is 4.44. The Bertz CT molecular complexity index is 535. The summed E-state index contributed by atoms with van der Waals surface area (Å²) < 4.78 is 6.20. The first-order valence-corrected chi connectivity index (χ1v) is 7.43. The number of carbonyl (C=O) groups excluding carboxylic acids is 1. The summed E-state index contributed by atoms with van der Waals surface area (Å²) in [5.41, 5.74) is 1.94. The summed E-state index contributed by atoms with van der Waals surface area (Å²) in [4.78, 5) is 17.8. The lowest BCUT2D eigenvalue weighted by atomic mass is 10.0. The Kier molecular flexibility index (Phi) is 4.48. The van der Waals surface area contributed by atoms with Crippen LogP contribution in [-0.2, 0) is 4.74 Å². The van der Waals surface area contributed by atoms with Gasteiger partial charge in [0.05, 0.1) is 0 Å². The third-order valence-electron chi connectivity index (χ3n) is 2.96. The van der Waals surface area contributed by atoms with Crippen LogP contribution in [0.2, 0.25) is 0 Å². The van der Waals surface area contributed by atoms with Crippen LogP contribution in [0, 0.1) is 0 Å². The highest BCUT2D eigenvalue weighted by molar-refractivity contribution is 9.10. The summed E-state index contributed by atoms with van der Waals surface area (Å²) in [6.45, 7) is 6.91. The van der Waals surface area contributed by atoms with Crippen molar-refractivity contribution in [3.05, 3.63) is 34.6 Å². The van der Waals surface area contributed by atoms with Crippen LogP contribution in [0.5, 0.6) is 0 Å². The predicted octanol–water partition coefficient (Wildman–Crippen LogP) is 3.87. The van der Waals surface area contributed by atoms with E-state index in [4.69, 9.17) is 4.74 Å². The molecule has 1 amide bonds. The van der Waals surface area contributed by atoms with Crippen molar-refractivity contribution < 1.29 is 9.53 Å². The molecule has 0 unspecified atom stereocenters. The minimum absolute atomic E-state index is 0.247. The molecule has 108 valence electrons. The Morgan fingerprint density at radius 1 is 1.45 bits per heavy atom. The van der Waals surface area contributed by atoms with E-state index in [1.54, 1.807) is 11.1 Å². The molecule has 0 aliphatic carbocycles. The van der Waals surface area contributed by atoms with E-state index in [2.05, 4.69) is 27.0 Å². The van der Waals surface area contributed by atoms with Gasteiger partial charge in [-0.05, 0) is 66.4 Å². The Morgan fingerprint density at radius 3 is 2.75 bits per heavy atom. The van der Waals surface area contributed by atoms with Crippen LogP contribution in [0.15, 0.2) is 29.0 Å². The lowest BCUT2D eigenvalue weighted by molar-refractivity contribution is 0.0270. The van der Waals surface area contributed by atoms with Crippen LogP contribution < -0.4 is 0 Å². The lowest BCUT2D eigenvalue weighted by Crippen LogP contribution is -2.39. The van der Waals surface area contributed by atoms with Gasteiger partial charge < -0.3 is 9.64 Å². The minimum atomic E-state index is -0.447. The number of hydrogen-bond donors (Lipinski definition) is 0. The molecule has 2 rings (SSSR count).